The predicted octanol–water partition coefficient (Wildman–Crippen LogP) is 3.33. The molecule has 2 aromatic rings. The smallest absolute Gasteiger partial charge is 0.325 e. The average Bonchev–Trinajstić information content (AvgIpc) is 2.93. The molecule has 1 heterocycles. The van der Waals surface area contributed by atoms with Crippen LogP contribution in [0, 0.1) is 11.6 Å². The third-order valence-corrected chi connectivity index (χ3v) is 4.70. The van der Waals surface area contributed by atoms with E-state index in [1.807, 2.05) is 6.92 Å². The summed E-state index contributed by atoms with van der Waals surface area (Å²) in [5.74, 6) is -2.51. The van der Waals surface area contributed by atoms with E-state index in [0.29, 0.717) is 17.9 Å². The van der Waals surface area contributed by atoms with Crippen LogP contribution in [-0.2, 0) is 15.1 Å². The number of hydrogen-bond donors (Lipinski definition) is 2. The number of imide groups is 1. The van der Waals surface area contributed by atoms with Crippen molar-refractivity contribution < 1.29 is 27.9 Å². The van der Waals surface area contributed by atoms with Crippen molar-refractivity contribution >= 4 is 23.5 Å². The van der Waals surface area contributed by atoms with E-state index in [-0.39, 0.29) is 5.69 Å². The van der Waals surface area contributed by atoms with Crippen LogP contribution in [0.5, 0.6) is 5.75 Å². The lowest BCUT2D eigenvalue weighted by molar-refractivity contribution is -0.133. The standard InChI is InChI=1S/C22H21F2N3O4/c1-13(2)12-31-16-7-4-14(5-8-16)22(3)20(29)27(21(30)26-22)11-19(28)25-18-10-15(23)6-9-17(18)24/h4-10H,1,11-12H2,2-3H3,(H,25,28)(H,26,30). The molecular weight excluding hydrogens is 408 g/mol. The summed E-state index contributed by atoms with van der Waals surface area (Å²) in [4.78, 5) is 38.3. The van der Waals surface area contributed by atoms with E-state index in [1.165, 1.54) is 6.92 Å². The van der Waals surface area contributed by atoms with Crippen molar-refractivity contribution in [1.29, 1.82) is 0 Å². The minimum absolute atomic E-state index is 0.348. The molecule has 1 aliphatic heterocycles. The fourth-order valence-electron chi connectivity index (χ4n) is 3.05. The van der Waals surface area contributed by atoms with Crippen LogP contribution >= 0.6 is 0 Å². The van der Waals surface area contributed by atoms with Crippen LogP contribution in [0.4, 0.5) is 19.3 Å². The quantitative estimate of drug-likeness (QED) is 0.522. The van der Waals surface area contributed by atoms with Gasteiger partial charge < -0.3 is 15.4 Å². The van der Waals surface area contributed by atoms with Gasteiger partial charge in [0.05, 0.1) is 5.69 Å². The summed E-state index contributed by atoms with van der Waals surface area (Å²) >= 11 is 0. The van der Waals surface area contributed by atoms with E-state index in [1.54, 1.807) is 24.3 Å². The third kappa shape index (κ3) is 4.71. The van der Waals surface area contributed by atoms with Crippen molar-refractivity contribution in [1.82, 2.24) is 10.2 Å². The van der Waals surface area contributed by atoms with Gasteiger partial charge in [0, 0.05) is 6.07 Å². The lowest BCUT2D eigenvalue weighted by Gasteiger charge is -2.22. The summed E-state index contributed by atoms with van der Waals surface area (Å²) < 4.78 is 32.5. The second kappa shape index (κ2) is 8.55. The monoisotopic (exact) mass is 429 g/mol. The van der Waals surface area contributed by atoms with Crippen molar-refractivity contribution in [2.45, 2.75) is 19.4 Å². The molecule has 0 saturated carbocycles. The topological polar surface area (TPSA) is 87.7 Å². The molecule has 0 spiro atoms. The van der Waals surface area contributed by atoms with Crippen LogP contribution < -0.4 is 15.4 Å². The Hall–Kier alpha value is -3.75. The number of rotatable bonds is 7. The number of halogens is 2. The van der Waals surface area contributed by atoms with E-state index in [9.17, 15) is 23.2 Å². The molecule has 4 amide bonds. The van der Waals surface area contributed by atoms with E-state index in [2.05, 4.69) is 17.2 Å². The van der Waals surface area contributed by atoms with E-state index in [4.69, 9.17) is 4.74 Å². The van der Waals surface area contributed by atoms with Gasteiger partial charge in [-0.2, -0.15) is 0 Å². The zero-order valence-corrected chi connectivity index (χ0v) is 17.0. The Balaban J connectivity index is 1.71. The van der Waals surface area contributed by atoms with E-state index >= 15 is 0 Å². The van der Waals surface area contributed by atoms with Gasteiger partial charge in [0.1, 0.15) is 36.1 Å². The van der Waals surface area contributed by atoms with E-state index < -0.39 is 41.6 Å². The number of carbonyl (C=O) groups excluding carboxylic acids is 3. The molecule has 0 bridgehead atoms. The molecule has 1 aliphatic rings. The second-order valence-electron chi connectivity index (χ2n) is 7.39. The van der Waals surface area contributed by atoms with Gasteiger partial charge in [0.2, 0.25) is 5.91 Å². The number of amides is 4. The zero-order chi connectivity index (χ0) is 22.8. The normalized spacial score (nSPS) is 18.0. The number of hydrogen-bond acceptors (Lipinski definition) is 4. The van der Waals surface area contributed by atoms with Crippen molar-refractivity contribution in [3.05, 3.63) is 71.8 Å². The first-order chi connectivity index (χ1) is 14.6. The molecule has 1 atom stereocenters. The van der Waals surface area contributed by atoms with Crippen LogP contribution in [0.25, 0.3) is 0 Å². The molecule has 31 heavy (non-hydrogen) atoms. The molecular formula is C22H21F2N3O4. The first-order valence-electron chi connectivity index (χ1n) is 9.37. The van der Waals surface area contributed by atoms with Gasteiger partial charge in [-0.05, 0) is 49.2 Å². The average molecular weight is 429 g/mol. The molecule has 0 radical (unpaired) electrons. The maximum Gasteiger partial charge on any atom is 0.325 e. The highest BCUT2D eigenvalue weighted by atomic mass is 19.1. The Labute approximate surface area is 177 Å². The number of nitrogens with one attached hydrogen (secondary N) is 2. The summed E-state index contributed by atoms with van der Waals surface area (Å²) in [6.07, 6.45) is 0. The fourth-order valence-corrected chi connectivity index (χ4v) is 3.05. The molecule has 1 unspecified atom stereocenters. The highest BCUT2D eigenvalue weighted by molar-refractivity contribution is 6.10. The summed E-state index contributed by atoms with van der Waals surface area (Å²) in [6.45, 7) is 6.79. The largest absolute Gasteiger partial charge is 0.489 e. The van der Waals surface area contributed by atoms with Crippen LogP contribution in [0.1, 0.15) is 19.4 Å². The number of benzene rings is 2. The molecule has 2 aromatic carbocycles. The van der Waals surface area contributed by atoms with Gasteiger partial charge >= 0.3 is 6.03 Å². The summed E-state index contributed by atoms with van der Waals surface area (Å²) in [6, 6.07) is 8.39. The Morgan fingerprint density at radius 1 is 1.19 bits per heavy atom. The van der Waals surface area contributed by atoms with Gasteiger partial charge in [-0.1, -0.05) is 18.7 Å². The lowest BCUT2D eigenvalue weighted by Crippen LogP contribution is -2.42. The van der Waals surface area contributed by atoms with Crippen LogP contribution in [0.2, 0.25) is 0 Å². The number of nitrogens with zero attached hydrogens (tertiary/aromatic N) is 1. The number of anilines is 1. The third-order valence-electron chi connectivity index (χ3n) is 4.70. The van der Waals surface area contributed by atoms with Gasteiger partial charge in [-0.25, -0.2) is 13.6 Å². The molecule has 3 rings (SSSR count). The predicted molar refractivity (Wildman–Crippen MR) is 109 cm³/mol. The van der Waals surface area contributed by atoms with Crippen LogP contribution in [-0.4, -0.2) is 35.9 Å². The lowest BCUT2D eigenvalue weighted by atomic mass is 9.92. The first kappa shape index (κ1) is 21.9. The minimum atomic E-state index is -1.39. The molecule has 0 aromatic heterocycles. The van der Waals surface area contributed by atoms with Gasteiger partial charge in [0.25, 0.3) is 5.91 Å². The Kier molecular flexibility index (Phi) is 6.05. The molecule has 9 heteroatoms. The van der Waals surface area contributed by atoms with Crippen LogP contribution in [0.15, 0.2) is 54.6 Å². The van der Waals surface area contributed by atoms with Crippen molar-refractivity contribution in [2.75, 3.05) is 18.5 Å². The maximum atomic E-state index is 13.7. The van der Waals surface area contributed by atoms with Crippen molar-refractivity contribution in [3.8, 4) is 5.75 Å². The molecule has 2 N–H and O–H groups in total. The van der Waals surface area contributed by atoms with Gasteiger partial charge in [-0.3, -0.25) is 14.5 Å². The molecule has 7 nitrogen and oxygen atoms in total. The van der Waals surface area contributed by atoms with Gasteiger partial charge in [0.15, 0.2) is 0 Å². The second-order valence-corrected chi connectivity index (χ2v) is 7.39. The van der Waals surface area contributed by atoms with Crippen molar-refractivity contribution in [3.63, 3.8) is 0 Å². The molecule has 1 fully saturated rings. The first-order valence-corrected chi connectivity index (χ1v) is 9.37. The summed E-state index contributed by atoms with van der Waals surface area (Å²) in [5.41, 5.74) is -0.437. The molecule has 162 valence electrons. The summed E-state index contributed by atoms with van der Waals surface area (Å²) in [7, 11) is 0. The highest BCUT2D eigenvalue weighted by Crippen LogP contribution is 2.30. The highest BCUT2D eigenvalue weighted by Gasteiger charge is 2.49. The van der Waals surface area contributed by atoms with Gasteiger partial charge in [-0.15, -0.1) is 0 Å². The Morgan fingerprint density at radius 2 is 1.87 bits per heavy atom. The minimum Gasteiger partial charge on any atom is -0.489 e. The van der Waals surface area contributed by atoms with E-state index in [0.717, 1.165) is 28.7 Å². The van der Waals surface area contributed by atoms with Crippen LogP contribution in [0.3, 0.4) is 0 Å². The number of carbonyl (C=O) groups is 3. The SMILES string of the molecule is C=C(C)COc1ccc(C2(C)NC(=O)N(CC(=O)Nc3cc(F)ccc3F)C2=O)cc1. The van der Waals surface area contributed by atoms with Crippen molar-refractivity contribution in [2.24, 2.45) is 0 Å². The summed E-state index contributed by atoms with van der Waals surface area (Å²) in [5, 5.41) is 4.74. The number of urea groups is 1. The zero-order valence-electron chi connectivity index (χ0n) is 17.0. The number of ether oxygens (including phenoxy) is 1. The fraction of sp³-hybridized carbons (Fsp3) is 0.227. The maximum absolute atomic E-state index is 13.7. The Bertz CT molecular complexity index is 1060. The molecule has 0 aliphatic carbocycles. The Morgan fingerprint density at radius 3 is 2.52 bits per heavy atom. The molecule has 1 saturated heterocycles.